The van der Waals surface area contributed by atoms with Gasteiger partial charge >= 0.3 is 0 Å². The van der Waals surface area contributed by atoms with E-state index in [0.717, 1.165) is 12.8 Å². The van der Waals surface area contributed by atoms with E-state index in [0.29, 0.717) is 28.7 Å². The molecule has 0 spiro atoms. The van der Waals surface area contributed by atoms with Gasteiger partial charge in [0.15, 0.2) is 5.13 Å². The molecule has 3 rings (SSSR count). The molecule has 1 aromatic carbocycles. The Kier molecular flexibility index (Phi) is 4.10. The summed E-state index contributed by atoms with van der Waals surface area (Å²) in [7, 11) is 0. The largest absolute Gasteiger partial charge is 0.302 e. The van der Waals surface area contributed by atoms with E-state index in [1.807, 2.05) is 5.38 Å². The number of nitrogens with one attached hydrogen (secondary N) is 1. The van der Waals surface area contributed by atoms with E-state index in [9.17, 15) is 9.18 Å². The van der Waals surface area contributed by atoms with Crippen LogP contribution < -0.4 is 5.32 Å². The maximum absolute atomic E-state index is 13.2. The molecule has 1 heterocycles. The van der Waals surface area contributed by atoms with Gasteiger partial charge in [-0.1, -0.05) is 24.3 Å². The van der Waals surface area contributed by atoms with Crippen molar-refractivity contribution in [1.82, 2.24) is 4.98 Å². The molecule has 3 nitrogen and oxygen atoms in total. The predicted octanol–water partition coefficient (Wildman–Crippen LogP) is 4.24. The van der Waals surface area contributed by atoms with Crippen LogP contribution in [0.15, 0.2) is 41.8 Å². The number of hydrogen-bond donors (Lipinski definition) is 1. The molecule has 1 aliphatic carbocycles. The second kappa shape index (κ2) is 6.18. The van der Waals surface area contributed by atoms with Gasteiger partial charge in [-0.15, -0.1) is 11.3 Å². The summed E-state index contributed by atoms with van der Waals surface area (Å²) < 4.78 is 13.2. The van der Waals surface area contributed by atoms with Gasteiger partial charge in [-0.25, -0.2) is 9.37 Å². The summed E-state index contributed by atoms with van der Waals surface area (Å²) in [4.78, 5) is 16.3. The average molecular weight is 302 g/mol. The lowest BCUT2D eigenvalue weighted by molar-refractivity contribution is -0.116. The number of amides is 1. The SMILES string of the molecule is O=C(CC1C=CCC1)Nc1nc(-c2cccc(F)c2)cs1. The van der Waals surface area contributed by atoms with E-state index in [2.05, 4.69) is 22.5 Å². The first kappa shape index (κ1) is 13.9. The van der Waals surface area contributed by atoms with Crippen molar-refractivity contribution in [1.29, 1.82) is 0 Å². The Morgan fingerprint density at radius 1 is 1.48 bits per heavy atom. The Balaban J connectivity index is 1.64. The highest BCUT2D eigenvalue weighted by Crippen LogP contribution is 2.26. The van der Waals surface area contributed by atoms with Gasteiger partial charge in [-0.2, -0.15) is 0 Å². The van der Waals surface area contributed by atoms with Crippen LogP contribution in [-0.4, -0.2) is 10.9 Å². The zero-order chi connectivity index (χ0) is 14.7. The standard InChI is InChI=1S/C16H15FN2OS/c17-13-7-3-6-12(9-13)14-10-21-16(18-14)19-15(20)8-11-4-1-2-5-11/h1,3-4,6-7,9-11H,2,5,8H2,(H,18,19,20). The number of benzene rings is 1. The van der Waals surface area contributed by atoms with E-state index < -0.39 is 0 Å². The minimum absolute atomic E-state index is 0.0216. The molecule has 0 saturated heterocycles. The number of carbonyl (C=O) groups is 1. The molecule has 21 heavy (non-hydrogen) atoms. The number of nitrogens with zero attached hydrogens (tertiary/aromatic N) is 1. The third-order valence-corrected chi connectivity index (χ3v) is 4.19. The summed E-state index contributed by atoms with van der Waals surface area (Å²) in [5.74, 6) is 0.0263. The molecule has 0 saturated carbocycles. The third kappa shape index (κ3) is 3.55. The van der Waals surface area contributed by atoms with Crippen LogP contribution >= 0.6 is 11.3 Å². The molecule has 2 aromatic rings. The van der Waals surface area contributed by atoms with Gasteiger partial charge in [0.2, 0.25) is 5.91 Å². The number of carbonyl (C=O) groups excluding carboxylic acids is 1. The Morgan fingerprint density at radius 2 is 2.38 bits per heavy atom. The molecule has 1 N–H and O–H groups in total. The maximum Gasteiger partial charge on any atom is 0.226 e. The van der Waals surface area contributed by atoms with Crippen LogP contribution in [0.25, 0.3) is 11.3 Å². The number of thiazole rings is 1. The van der Waals surface area contributed by atoms with Crippen LogP contribution in [0.5, 0.6) is 0 Å². The number of anilines is 1. The molecule has 1 amide bonds. The number of rotatable bonds is 4. The topological polar surface area (TPSA) is 42.0 Å². The monoisotopic (exact) mass is 302 g/mol. The molecule has 1 aromatic heterocycles. The number of aromatic nitrogens is 1. The van der Waals surface area contributed by atoms with Gasteiger partial charge in [0.05, 0.1) is 5.69 Å². The zero-order valence-electron chi connectivity index (χ0n) is 11.4. The van der Waals surface area contributed by atoms with Crippen molar-refractivity contribution in [2.45, 2.75) is 19.3 Å². The summed E-state index contributed by atoms with van der Waals surface area (Å²) in [6, 6.07) is 6.28. The summed E-state index contributed by atoms with van der Waals surface area (Å²) in [6.45, 7) is 0. The molecule has 0 aliphatic heterocycles. The average Bonchev–Trinajstić information content (AvgIpc) is 3.10. The fourth-order valence-corrected chi connectivity index (χ4v) is 3.12. The lowest BCUT2D eigenvalue weighted by Gasteiger charge is -2.06. The van der Waals surface area contributed by atoms with Gasteiger partial charge in [0, 0.05) is 17.4 Å². The molecule has 0 fully saturated rings. The Morgan fingerprint density at radius 3 is 3.14 bits per heavy atom. The van der Waals surface area contributed by atoms with E-state index in [4.69, 9.17) is 0 Å². The van der Waals surface area contributed by atoms with Crippen molar-refractivity contribution in [3.8, 4) is 11.3 Å². The van der Waals surface area contributed by atoms with Crippen LogP contribution in [0, 0.1) is 11.7 Å². The second-order valence-electron chi connectivity index (χ2n) is 5.07. The number of hydrogen-bond acceptors (Lipinski definition) is 3. The summed E-state index contributed by atoms with van der Waals surface area (Å²) >= 11 is 1.35. The molecular weight excluding hydrogens is 287 g/mol. The van der Waals surface area contributed by atoms with Crippen molar-refractivity contribution in [2.24, 2.45) is 5.92 Å². The van der Waals surface area contributed by atoms with Gasteiger partial charge in [-0.3, -0.25) is 4.79 Å². The fourth-order valence-electron chi connectivity index (χ4n) is 2.39. The molecule has 5 heteroatoms. The number of allylic oxidation sites excluding steroid dienone is 2. The molecule has 108 valence electrons. The van der Waals surface area contributed by atoms with E-state index in [1.54, 1.807) is 12.1 Å². The summed E-state index contributed by atoms with van der Waals surface area (Å²) in [5.41, 5.74) is 1.39. The summed E-state index contributed by atoms with van der Waals surface area (Å²) in [6.07, 6.45) is 6.80. The zero-order valence-corrected chi connectivity index (χ0v) is 12.2. The van der Waals surface area contributed by atoms with Crippen molar-refractivity contribution in [3.63, 3.8) is 0 Å². The van der Waals surface area contributed by atoms with Gasteiger partial charge in [0.1, 0.15) is 5.82 Å². The third-order valence-electron chi connectivity index (χ3n) is 3.43. The van der Waals surface area contributed by atoms with E-state index in [-0.39, 0.29) is 11.7 Å². The van der Waals surface area contributed by atoms with Gasteiger partial charge in [0.25, 0.3) is 0 Å². The predicted molar refractivity (Wildman–Crippen MR) is 82.6 cm³/mol. The molecular formula is C16H15FN2OS. The fraction of sp³-hybridized carbons (Fsp3) is 0.250. The highest BCUT2D eigenvalue weighted by molar-refractivity contribution is 7.14. The van der Waals surface area contributed by atoms with E-state index in [1.165, 1.54) is 23.5 Å². The second-order valence-corrected chi connectivity index (χ2v) is 5.92. The van der Waals surface area contributed by atoms with Crippen molar-refractivity contribution in [3.05, 3.63) is 47.6 Å². The van der Waals surface area contributed by atoms with Gasteiger partial charge in [-0.05, 0) is 30.9 Å². The smallest absolute Gasteiger partial charge is 0.226 e. The molecule has 1 aliphatic rings. The van der Waals surface area contributed by atoms with Crippen molar-refractivity contribution in [2.75, 3.05) is 5.32 Å². The molecule has 0 bridgehead atoms. The normalized spacial score (nSPS) is 17.1. The lowest BCUT2D eigenvalue weighted by Crippen LogP contribution is -2.14. The van der Waals surface area contributed by atoms with Crippen LogP contribution in [0.4, 0.5) is 9.52 Å². The first-order valence-corrected chi connectivity index (χ1v) is 7.76. The molecule has 1 unspecified atom stereocenters. The van der Waals surface area contributed by atoms with Crippen molar-refractivity contribution >= 4 is 22.4 Å². The minimum Gasteiger partial charge on any atom is -0.302 e. The van der Waals surface area contributed by atoms with Gasteiger partial charge < -0.3 is 5.32 Å². The lowest BCUT2D eigenvalue weighted by atomic mass is 10.1. The summed E-state index contributed by atoms with van der Waals surface area (Å²) in [5, 5.41) is 5.19. The highest BCUT2D eigenvalue weighted by Gasteiger charge is 2.15. The molecule has 0 radical (unpaired) electrons. The molecule has 1 atom stereocenters. The Labute approximate surface area is 126 Å². The highest BCUT2D eigenvalue weighted by atomic mass is 32.1. The quantitative estimate of drug-likeness (QED) is 0.858. The maximum atomic E-state index is 13.2. The van der Waals surface area contributed by atoms with Crippen LogP contribution in [-0.2, 0) is 4.79 Å². The minimum atomic E-state index is -0.292. The first-order valence-electron chi connectivity index (χ1n) is 6.89. The number of halogens is 1. The van der Waals surface area contributed by atoms with Crippen LogP contribution in [0.3, 0.4) is 0 Å². The van der Waals surface area contributed by atoms with Crippen LogP contribution in [0.2, 0.25) is 0 Å². The van der Waals surface area contributed by atoms with Crippen molar-refractivity contribution < 1.29 is 9.18 Å². The first-order chi connectivity index (χ1) is 10.2. The Hall–Kier alpha value is -2.01. The van der Waals surface area contributed by atoms with Crippen LogP contribution in [0.1, 0.15) is 19.3 Å². The Bertz CT molecular complexity index is 680. The van der Waals surface area contributed by atoms with E-state index >= 15 is 0 Å².